The zero-order valence-electron chi connectivity index (χ0n) is 17.1. The van der Waals surface area contributed by atoms with E-state index in [1.807, 2.05) is 39.0 Å². The fourth-order valence-corrected chi connectivity index (χ4v) is 3.75. The molecule has 1 aromatic carbocycles. The van der Waals surface area contributed by atoms with Crippen molar-refractivity contribution >= 4 is 40.3 Å². The molecular formula is C22H28ClN3O3. The number of fused-ring (bicyclic) bond motifs is 1. The molecule has 2 aromatic rings. The van der Waals surface area contributed by atoms with Gasteiger partial charge in [-0.25, -0.2) is 9.78 Å². The van der Waals surface area contributed by atoms with Crippen molar-refractivity contribution in [2.75, 3.05) is 11.9 Å². The van der Waals surface area contributed by atoms with E-state index in [0.29, 0.717) is 23.3 Å². The number of carbonyl (C=O) groups excluding carboxylic acids is 2. The van der Waals surface area contributed by atoms with Crippen LogP contribution in [0.1, 0.15) is 46.5 Å². The number of carbonyl (C=O) groups is 2. The summed E-state index contributed by atoms with van der Waals surface area (Å²) in [7, 11) is 0. The number of ether oxygens (including phenoxy) is 1. The molecule has 1 aromatic heterocycles. The molecule has 0 unspecified atom stereocenters. The highest BCUT2D eigenvalue weighted by molar-refractivity contribution is 6.31. The topological polar surface area (TPSA) is 80.3 Å². The highest BCUT2D eigenvalue weighted by Crippen LogP contribution is 2.29. The number of benzene rings is 1. The standard InChI is InChI=1S/C22H28ClN3O3/c1-22(2,3)29-21(28)24-13-14-4-6-15(7-5-14)20(27)26-19-11-8-16-12-17(23)9-10-18(16)25-19/h8-12,14-15H,4-7,13H2,1-3H3,(H,24,28)(H,25,26,27). The molecule has 1 fully saturated rings. The molecule has 156 valence electrons. The van der Waals surface area contributed by atoms with Crippen molar-refractivity contribution in [1.29, 1.82) is 0 Å². The Labute approximate surface area is 176 Å². The van der Waals surface area contributed by atoms with Crippen LogP contribution in [0.4, 0.5) is 10.6 Å². The van der Waals surface area contributed by atoms with Crippen molar-refractivity contribution in [2.24, 2.45) is 11.8 Å². The van der Waals surface area contributed by atoms with Gasteiger partial charge in [0.1, 0.15) is 11.4 Å². The molecule has 1 aliphatic rings. The largest absolute Gasteiger partial charge is 0.444 e. The van der Waals surface area contributed by atoms with E-state index in [0.717, 1.165) is 36.6 Å². The monoisotopic (exact) mass is 417 g/mol. The van der Waals surface area contributed by atoms with Crippen molar-refractivity contribution in [2.45, 2.75) is 52.1 Å². The zero-order valence-corrected chi connectivity index (χ0v) is 17.9. The second kappa shape index (κ2) is 8.99. The molecule has 0 atom stereocenters. The summed E-state index contributed by atoms with van der Waals surface area (Å²) in [5.74, 6) is 0.897. The first kappa shape index (κ1) is 21.4. The number of halogens is 1. The first-order valence-corrected chi connectivity index (χ1v) is 10.4. The third-order valence-electron chi connectivity index (χ3n) is 5.05. The summed E-state index contributed by atoms with van der Waals surface area (Å²) in [6.45, 7) is 6.11. The van der Waals surface area contributed by atoms with Gasteiger partial charge in [-0.2, -0.15) is 0 Å². The average molecular weight is 418 g/mol. The number of hydrogen-bond donors (Lipinski definition) is 2. The number of aromatic nitrogens is 1. The average Bonchev–Trinajstić information content (AvgIpc) is 2.65. The summed E-state index contributed by atoms with van der Waals surface area (Å²) in [4.78, 5) is 28.9. The van der Waals surface area contributed by atoms with Crippen LogP contribution >= 0.6 is 11.6 Å². The lowest BCUT2D eigenvalue weighted by molar-refractivity contribution is -0.121. The molecule has 1 aliphatic carbocycles. The predicted molar refractivity (Wildman–Crippen MR) is 115 cm³/mol. The third kappa shape index (κ3) is 6.32. The molecule has 1 heterocycles. The molecule has 7 heteroatoms. The smallest absolute Gasteiger partial charge is 0.407 e. The van der Waals surface area contributed by atoms with Gasteiger partial charge < -0.3 is 15.4 Å². The van der Waals surface area contributed by atoms with Crippen molar-refractivity contribution < 1.29 is 14.3 Å². The number of nitrogens with zero attached hydrogens (tertiary/aromatic N) is 1. The van der Waals surface area contributed by atoms with Crippen LogP contribution in [0.2, 0.25) is 5.02 Å². The zero-order chi connectivity index (χ0) is 21.0. The molecule has 0 bridgehead atoms. The van der Waals surface area contributed by atoms with Crippen molar-refractivity contribution in [3.05, 3.63) is 35.4 Å². The maximum absolute atomic E-state index is 12.6. The normalized spacial score (nSPS) is 19.6. The Morgan fingerprint density at radius 2 is 1.86 bits per heavy atom. The van der Waals surface area contributed by atoms with Gasteiger partial charge in [-0.05, 0) is 82.7 Å². The van der Waals surface area contributed by atoms with E-state index in [-0.39, 0.29) is 17.9 Å². The molecule has 2 N–H and O–H groups in total. The lowest BCUT2D eigenvalue weighted by atomic mass is 9.81. The fourth-order valence-electron chi connectivity index (χ4n) is 3.56. The van der Waals surface area contributed by atoms with Crippen LogP contribution in [-0.4, -0.2) is 29.1 Å². The Morgan fingerprint density at radius 1 is 1.14 bits per heavy atom. The van der Waals surface area contributed by atoms with E-state index >= 15 is 0 Å². The van der Waals surface area contributed by atoms with E-state index in [9.17, 15) is 9.59 Å². The van der Waals surface area contributed by atoms with E-state index in [4.69, 9.17) is 16.3 Å². The number of alkyl carbamates (subject to hydrolysis) is 1. The quantitative estimate of drug-likeness (QED) is 0.720. The van der Waals surface area contributed by atoms with Crippen molar-refractivity contribution in [3.63, 3.8) is 0 Å². The van der Waals surface area contributed by atoms with Gasteiger partial charge in [0.25, 0.3) is 0 Å². The van der Waals surface area contributed by atoms with Crippen LogP contribution in [0.15, 0.2) is 30.3 Å². The second-order valence-corrected chi connectivity index (χ2v) is 9.06. The van der Waals surface area contributed by atoms with E-state index in [1.54, 1.807) is 12.1 Å². The highest BCUT2D eigenvalue weighted by atomic mass is 35.5. The minimum Gasteiger partial charge on any atom is -0.444 e. The van der Waals surface area contributed by atoms with Crippen LogP contribution in [0.25, 0.3) is 10.9 Å². The summed E-state index contributed by atoms with van der Waals surface area (Å²) in [6.07, 6.45) is 3.02. The van der Waals surface area contributed by atoms with Gasteiger partial charge in [0, 0.05) is 22.9 Å². The minimum absolute atomic E-state index is 0.00404. The first-order valence-electron chi connectivity index (χ1n) is 10.0. The Bertz CT molecular complexity index is 886. The maximum atomic E-state index is 12.6. The van der Waals surface area contributed by atoms with Crippen LogP contribution in [0.3, 0.4) is 0 Å². The molecular weight excluding hydrogens is 390 g/mol. The Hall–Kier alpha value is -2.34. The lowest BCUT2D eigenvalue weighted by Crippen LogP contribution is -2.37. The molecule has 0 spiro atoms. The van der Waals surface area contributed by atoms with Gasteiger partial charge in [-0.3, -0.25) is 4.79 Å². The molecule has 0 radical (unpaired) electrons. The Kier molecular flexibility index (Phi) is 6.63. The Balaban J connectivity index is 1.46. The molecule has 3 rings (SSSR count). The maximum Gasteiger partial charge on any atom is 0.407 e. The first-order chi connectivity index (χ1) is 13.7. The second-order valence-electron chi connectivity index (χ2n) is 8.62. The summed E-state index contributed by atoms with van der Waals surface area (Å²) < 4.78 is 5.26. The van der Waals surface area contributed by atoms with Gasteiger partial charge in [0.2, 0.25) is 5.91 Å². The lowest BCUT2D eigenvalue weighted by Gasteiger charge is -2.28. The molecule has 2 amide bonds. The van der Waals surface area contributed by atoms with E-state index < -0.39 is 5.60 Å². The SMILES string of the molecule is CC(C)(C)OC(=O)NCC1CCC(C(=O)Nc2ccc3cc(Cl)ccc3n2)CC1. The Morgan fingerprint density at radius 3 is 2.55 bits per heavy atom. The van der Waals surface area contributed by atoms with Gasteiger partial charge in [0.15, 0.2) is 0 Å². The number of amides is 2. The van der Waals surface area contributed by atoms with Crippen LogP contribution in [-0.2, 0) is 9.53 Å². The summed E-state index contributed by atoms with van der Waals surface area (Å²) in [5.41, 5.74) is 0.298. The number of pyridine rings is 1. The third-order valence-corrected chi connectivity index (χ3v) is 5.29. The number of anilines is 1. The molecule has 0 saturated heterocycles. The molecule has 1 saturated carbocycles. The van der Waals surface area contributed by atoms with Crippen molar-refractivity contribution in [3.8, 4) is 0 Å². The number of nitrogens with one attached hydrogen (secondary N) is 2. The van der Waals surface area contributed by atoms with Gasteiger partial charge in [-0.1, -0.05) is 11.6 Å². The molecule has 6 nitrogen and oxygen atoms in total. The van der Waals surface area contributed by atoms with E-state index in [1.165, 1.54) is 0 Å². The summed E-state index contributed by atoms with van der Waals surface area (Å²) in [5, 5.41) is 7.37. The molecule has 0 aliphatic heterocycles. The van der Waals surface area contributed by atoms with Crippen LogP contribution in [0.5, 0.6) is 0 Å². The number of hydrogen-bond acceptors (Lipinski definition) is 4. The van der Waals surface area contributed by atoms with Crippen LogP contribution in [0, 0.1) is 11.8 Å². The number of rotatable bonds is 4. The van der Waals surface area contributed by atoms with E-state index in [2.05, 4.69) is 15.6 Å². The molecule has 29 heavy (non-hydrogen) atoms. The highest BCUT2D eigenvalue weighted by Gasteiger charge is 2.27. The minimum atomic E-state index is -0.497. The van der Waals surface area contributed by atoms with Crippen LogP contribution < -0.4 is 10.6 Å². The van der Waals surface area contributed by atoms with Crippen molar-refractivity contribution in [1.82, 2.24) is 10.3 Å². The fraction of sp³-hybridized carbons (Fsp3) is 0.500. The van der Waals surface area contributed by atoms with Gasteiger partial charge >= 0.3 is 6.09 Å². The predicted octanol–water partition coefficient (Wildman–Crippen LogP) is 5.16. The van der Waals surface area contributed by atoms with Gasteiger partial charge in [-0.15, -0.1) is 0 Å². The summed E-state index contributed by atoms with van der Waals surface area (Å²) >= 11 is 6.00. The van der Waals surface area contributed by atoms with Gasteiger partial charge in [0.05, 0.1) is 5.52 Å². The summed E-state index contributed by atoms with van der Waals surface area (Å²) in [6, 6.07) is 9.18.